The molecule has 0 bridgehead atoms. The Kier molecular flexibility index (Phi) is 4.47. The average Bonchev–Trinajstić information content (AvgIpc) is 3.08. The van der Waals surface area contributed by atoms with Gasteiger partial charge in [0.05, 0.1) is 0 Å². The van der Waals surface area contributed by atoms with Crippen LogP contribution in [0.25, 0.3) is 0 Å². The summed E-state index contributed by atoms with van der Waals surface area (Å²) in [4.78, 5) is 20.9. The number of likely N-dealkylation sites (tertiary alicyclic amines) is 1. The molecule has 0 radical (unpaired) electrons. The molecule has 0 unspecified atom stereocenters. The van der Waals surface area contributed by atoms with Gasteiger partial charge in [-0.15, -0.1) is 0 Å². The fraction of sp³-hybridized carbons (Fsp3) is 0.812. The van der Waals surface area contributed by atoms with Gasteiger partial charge in [0.1, 0.15) is 0 Å². The van der Waals surface area contributed by atoms with Gasteiger partial charge < -0.3 is 14.3 Å². The van der Waals surface area contributed by atoms with Crippen LogP contribution in [0.1, 0.15) is 50.2 Å². The monoisotopic (exact) mass is 306 g/mol. The number of carbonyl (C=O) groups is 1. The van der Waals surface area contributed by atoms with Crippen molar-refractivity contribution in [1.29, 1.82) is 0 Å². The largest absolute Gasteiger partial charge is 0.341 e. The fourth-order valence-electron chi connectivity index (χ4n) is 3.25. The maximum atomic E-state index is 12.3. The van der Waals surface area contributed by atoms with Crippen molar-refractivity contribution >= 4 is 5.91 Å². The van der Waals surface area contributed by atoms with Crippen molar-refractivity contribution in [2.45, 2.75) is 51.0 Å². The molecule has 122 valence electrons. The number of nitrogens with zero attached hydrogens (tertiary/aromatic N) is 4. The Morgan fingerprint density at radius 2 is 2.14 bits per heavy atom. The van der Waals surface area contributed by atoms with Crippen molar-refractivity contribution in [3.05, 3.63) is 11.7 Å². The highest BCUT2D eigenvalue weighted by Gasteiger charge is 2.33. The predicted octanol–water partition coefficient (Wildman–Crippen LogP) is 1.68. The van der Waals surface area contributed by atoms with Crippen LogP contribution in [0, 0.1) is 5.92 Å². The lowest BCUT2D eigenvalue weighted by Gasteiger charge is -2.22. The molecule has 3 rings (SSSR count). The zero-order valence-corrected chi connectivity index (χ0v) is 13.8. The molecule has 2 fully saturated rings. The molecule has 0 spiro atoms. The Labute approximate surface area is 131 Å². The second-order valence-corrected chi connectivity index (χ2v) is 6.98. The van der Waals surface area contributed by atoms with E-state index in [1.54, 1.807) is 0 Å². The number of rotatable bonds is 6. The van der Waals surface area contributed by atoms with Crippen LogP contribution < -0.4 is 0 Å². The molecule has 6 heteroatoms. The summed E-state index contributed by atoms with van der Waals surface area (Å²) in [6.45, 7) is 3.93. The summed E-state index contributed by atoms with van der Waals surface area (Å²) in [6, 6.07) is 0.473. The predicted molar refractivity (Wildman–Crippen MR) is 82.4 cm³/mol. The van der Waals surface area contributed by atoms with E-state index >= 15 is 0 Å². The van der Waals surface area contributed by atoms with Gasteiger partial charge in [0, 0.05) is 37.9 Å². The molecule has 1 aliphatic heterocycles. The number of likely N-dealkylation sites (N-methyl/N-ethyl adjacent to an activating group) is 1. The first kappa shape index (κ1) is 15.5. The number of carbonyl (C=O) groups excluding carboxylic acids is 1. The molecule has 0 N–H and O–H groups in total. The number of hydrogen-bond acceptors (Lipinski definition) is 5. The van der Waals surface area contributed by atoms with E-state index in [0.717, 1.165) is 25.3 Å². The summed E-state index contributed by atoms with van der Waals surface area (Å²) in [5.74, 6) is 2.83. The van der Waals surface area contributed by atoms with Crippen molar-refractivity contribution in [3.8, 4) is 0 Å². The topological polar surface area (TPSA) is 62.5 Å². The highest BCUT2D eigenvalue weighted by molar-refractivity contribution is 5.76. The molecule has 2 atom stereocenters. The summed E-state index contributed by atoms with van der Waals surface area (Å²) >= 11 is 0. The summed E-state index contributed by atoms with van der Waals surface area (Å²) in [6.07, 6.45) is 4.40. The minimum Gasteiger partial charge on any atom is -0.341 e. The van der Waals surface area contributed by atoms with E-state index in [1.807, 2.05) is 4.90 Å². The molecule has 1 saturated carbocycles. The van der Waals surface area contributed by atoms with Crippen LogP contribution in [-0.4, -0.2) is 59.1 Å². The van der Waals surface area contributed by atoms with E-state index in [9.17, 15) is 4.79 Å². The molecule has 1 aromatic rings. The summed E-state index contributed by atoms with van der Waals surface area (Å²) in [5.41, 5.74) is 0. The van der Waals surface area contributed by atoms with Gasteiger partial charge in [-0.25, -0.2) is 0 Å². The van der Waals surface area contributed by atoms with Crippen LogP contribution >= 0.6 is 0 Å². The average molecular weight is 306 g/mol. The minimum atomic E-state index is 0.248. The zero-order chi connectivity index (χ0) is 15.7. The second-order valence-electron chi connectivity index (χ2n) is 6.98. The second kappa shape index (κ2) is 6.36. The summed E-state index contributed by atoms with van der Waals surface area (Å²) < 4.78 is 5.25. The standard InChI is InChI=1S/C16H26N4O2/c1-11-9-20(10-13(11)19(2)3)15(21)6-4-5-14-17-16(18-22-14)12-7-8-12/h11-13H,4-10H2,1-3H3/t11-,13-/m0/s1. The van der Waals surface area contributed by atoms with E-state index in [0.29, 0.717) is 36.6 Å². The highest BCUT2D eigenvalue weighted by atomic mass is 16.5. The molecular formula is C16H26N4O2. The fourth-order valence-corrected chi connectivity index (χ4v) is 3.25. The van der Waals surface area contributed by atoms with Crippen molar-refractivity contribution in [2.24, 2.45) is 5.92 Å². The smallest absolute Gasteiger partial charge is 0.226 e. The van der Waals surface area contributed by atoms with Crippen LogP contribution in [0.5, 0.6) is 0 Å². The van der Waals surface area contributed by atoms with E-state index in [1.165, 1.54) is 12.8 Å². The third-order valence-corrected chi connectivity index (χ3v) is 4.80. The molecule has 1 aromatic heterocycles. The summed E-state index contributed by atoms with van der Waals surface area (Å²) in [7, 11) is 4.17. The first-order valence-electron chi connectivity index (χ1n) is 8.31. The third kappa shape index (κ3) is 3.48. The maximum absolute atomic E-state index is 12.3. The van der Waals surface area contributed by atoms with Crippen LogP contribution in [0.15, 0.2) is 4.52 Å². The molecule has 0 aromatic carbocycles. The molecule has 1 amide bonds. The van der Waals surface area contributed by atoms with Gasteiger partial charge in [0.15, 0.2) is 5.82 Å². The molecule has 2 heterocycles. The molecule has 6 nitrogen and oxygen atoms in total. The van der Waals surface area contributed by atoms with Crippen LogP contribution in [0.2, 0.25) is 0 Å². The number of aromatic nitrogens is 2. The van der Waals surface area contributed by atoms with Gasteiger partial charge in [0.2, 0.25) is 11.8 Å². The lowest BCUT2D eigenvalue weighted by atomic mass is 10.1. The Balaban J connectivity index is 1.42. The van der Waals surface area contributed by atoms with Crippen molar-refractivity contribution in [3.63, 3.8) is 0 Å². The zero-order valence-electron chi connectivity index (χ0n) is 13.8. The Hall–Kier alpha value is -1.43. The van der Waals surface area contributed by atoms with Crippen molar-refractivity contribution in [1.82, 2.24) is 19.9 Å². The van der Waals surface area contributed by atoms with Gasteiger partial charge >= 0.3 is 0 Å². The van der Waals surface area contributed by atoms with Gasteiger partial charge in [0.25, 0.3) is 0 Å². The van der Waals surface area contributed by atoms with Gasteiger partial charge in [-0.3, -0.25) is 4.79 Å². The number of amides is 1. The molecule has 1 aliphatic carbocycles. The Morgan fingerprint density at radius 3 is 2.77 bits per heavy atom. The molecule has 22 heavy (non-hydrogen) atoms. The normalized spacial score (nSPS) is 25.2. The maximum Gasteiger partial charge on any atom is 0.226 e. The summed E-state index contributed by atoms with van der Waals surface area (Å²) in [5, 5.41) is 4.01. The van der Waals surface area contributed by atoms with Crippen LogP contribution in [0.3, 0.4) is 0 Å². The van der Waals surface area contributed by atoms with Crippen molar-refractivity contribution in [2.75, 3.05) is 27.2 Å². The minimum absolute atomic E-state index is 0.248. The molecule has 1 saturated heterocycles. The van der Waals surface area contributed by atoms with E-state index in [4.69, 9.17) is 4.52 Å². The highest BCUT2D eigenvalue weighted by Crippen LogP contribution is 2.38. The van der Waals surface area contributed by atoms with E-state index in [2.05, 4.69) is 36.1 Å². The lowest BCUT2D eigenvalue weighted by Crippen LogP contribution is -2.35. The van der Waals surface area contributed by atoms with E-state index in [-0.39, 0.29) is 5.91 Å². The Bertz CT molecular complexity index is 524. The van der Waals surface area contributed by atoms with Gasteiger partial charge in [-0.1, -0.05) is 12.1 Å². The first-order valence-corrected chi connectivity index (χ1v) is 8.31. The molecule has 2 aliphatic rings. The van der Waals surface area contributed by atoms with Crippen molar-refractivity contribution < 1.29 is 9.32 Å². The third-order valence-electron chi connectivity index (χ3n) is 4.80. The number of hydrogen-bond donors (Lipinski definition) is 0. The molecular weight excluding hydrogens is 280 g/mol. The van der Waals surface area contributed by atoms with Crippen LogP contribution in [0.4, 0.5) is 0 Å². The lowest BCUT2D eigenvalue weighted by molar-refractivity contribution is -0.130. The van der Waals surface area contributed by atoms with Gasteiger partial charge in [-0.05, 0) is 39.3 Å². The quantitative estimate of drug-likeness (QED) is 0.800. The SMILES string of the molecule is C[C@H]1CN(C(=O)CCCc2nc(C3CC3)no2)C[C@@H]1N(C)C. The van der Waals surface area contributed by atoms with Crippen LogP contribution in [-0.2, 0) is 11.2 Å². The number of aryl methyl sites for hydroxylation is 1. The van der Waals surface area contributed by atoms with E-state index < -0.39 is 0 Å². The Morgan fingerprint density at radius 1 is 1.36 bits per heavy atom. The first-order chi connectivity index (χ1) is 10.5. The van der Waals surface area contributed by atoms with Gasteiger partial charge in [-0.2, -0.15) is 4.98 Å².